The number of fused-ring (bicyclic) bond motifs is 8. The highest BCUT2D eigenvalue weighted by molar-refractivity contribution is 6.27. The summed E-state index contributed by atoms with van der Waals surface area (Å²) in [6.07, 6.45) is 6.53. The van der Waals surface area contributed by atoms with Gasteiger partial charge in [-0.1, -0.05) is 91.0 Å². The zero-order valence-corrected chi connectivity index (χ0v) is 22.1. The van der Waals surface area contributed by atoms with Crippen molar-refractivity contribution in [3.63, 3.8) is 0 Å². The molecule has 0 atom stereocenters. The molecule has 0 aliphatic heterocycles. The maximum atomic E-state index is 2.50. The second kappa shape index (κ2) is 8.31. The Hall–Kier alpha value is -4.88. The zero-order chi connectivity index (χ0) is 26.1. The summed E-state index contributed by atoms with van der Waals surface area (Å²) >= 11 is 0. The Morgan fingerprint density at radius 1 is 0.564 bits per heavy atom. The van der Waals surface area contributed by atoms with Crippen LogP contribution in [0, 0.1) is 0 Å². The first-order chi connectivity index (χ1) is 19.2. The Balaban J connectivity index is 1.58. The molecular formula is C38H27N. The summed E-state index contributed by atoms with van der Waals surface area (Å²) in [5.74, 6) is 0. The lowest BCUT2D eigenvalue weighted by molar-refractivity contribution is 1.38. The minimum atomic E-state index is 1.24. The van der Waals surface area contributed by atoms with Gasteiger partial charge < -0.3 is 4.40 Å². The third-order valence-electron chi connectivity index (χ3n) is 8.33. The number of benzene rings is 6. The van der Waals surface area contributed by atoms with Gasteiger partial charge in [0.1, 0.15) is 0 Å². The molecule has 0 aliphatic rings. The molecule has 8 rings (SSSR count). The molecule has 2 heterocycles. The van der Waals surface area contributed by atoms with Crippen molar-refractivity contribution in [1.29, 1.82) is 0 Å². The van der Waals surface area contributed by atoms with Gasteiger partial charge in [0.15, 0.2) is 0 Å². The Morgan fingerprint density at radius 2 is 1.08 bits per heavy atom. The molecule has 0 saturated heterocycles. The quantitative estimate of drug-likeness (QED) is 0.214. The van der Waals surface area contributed by atoms with Crippen molar-refractivity contribution in [1.82, 2.24) is 4.40 Å². The van der Waals surface area contributed by atoms with Gasteiger partial charge in [0, 0.05) is 21.5 Å². The predicted octanol–water partition coefficient (Wildman–Crippen LogP) is 10.8. The molecule has 8 aromatic rings. The fraction of sp³-hybridized carbons (Fsp3) is 0.0526. The lowest BCUT2D eigenvalue weighted by Gasteiger charge is -2.12. The van der Waals surface area contributed by atoms with Crippen LogP contribution in [0.3, 0.4) is 0 Å². The lowest BCUT2D eigenvalue weighted by Crippen LogP contribution is -1.88. The predicted molar refractivity (Wildman–Crippen MR) is 170 cm³/mol. The third-order valence-corrected chi connectivity index (χ3v) is 8.33. The van der Waals surface area contributed by atoms with Gasteiger partial charge in [0.05, 0.1) is 16.6 Å². The highest BCUT2D eigenvalue weighted by atomic mass is 14.9. The molecule has 1 nitrogen and oxygen atoms in total. The van der Waals surface area contributed by atoms with E-state index in [-0.39, 0.29) is 0 Å². The molecule has 0 bridgehead atoms. The van der Waals surface area contributed by atoms with E-state index in [1.54, 1.807) is 0 Å². The van der Waals surface area contributed by atoms with Crippen molar-refractivity contribution in [2.75, 3.05) is 0 Å². The Labute approximate surface area is 227 Å². The van der Waals surface area contributed by atoms with E-state index < -0.39 is 0 Å². The first kappa shape index (κ1) is 22.1. The van der Waals surface area contributed by atoms with E-state index in [4.69, 9.17) is 0 Å². The largest absolute Gasteiger partial charge is 0.308 e. The van der Waals surface area contributed by atoms with Crippen LogP contribution >= 0.6 is 0 Å². The molecule has 2 aromatic heterocycles. The fourth-order valence-corrected chi connectivity index (χ4v) is 6.58. The van der Waals surface area contributed by atoms with Gasteiger partial charge in [-0.25, -0.2) is 0 Å². The van der Waals surface area contributed by atoms with E-state index in [1.165, 1.54) is 81.9 Å². The first-order valence-electron chi connectivity index (χ1n) is 13.7. The van der Waals surface area contributed by atoms with Crippen molar-refractivity contribution in [2.45, 2.75) is 13.8 Å². The molecule has 0 saturated carbocycles. The number of aromatic nitrogens is 1. The van der Waals surface area contributed by atoms with Crippen LogP contribution in [0.2, 0.25) is 0 Å². The molecule has 0 aliphatic carbocycles. The summed E-state index contributed by atoms with van der Waals surface area (Å²) in [7, 11) is 0. The van der Waals surface area contributed by atoms with E-state index in [9.17, 15) is 0 Å². The van der Waals surface area contributed by atoms with Crippen LogP contribution in [0.1, 0.15) is 19.4 Å². The highest BCUT2D eigenvalue weighted by Gasteiger charge is 2.20. The molecule has 0 unspecified atom stereocenters. The molecule has 0 spiro atoms. The van der Waals surface area contributed by atoms with Crippen molar-refractivity contribution >= 4 is 65.2 Å². The van der Waals surface area contributed by atoms with E-state index >= 15 is 0 Å². The highest BCUT2D eigenvalue weighted by Crippen LogP contribution is 2.44. The average molecular weight is 498 g/mol. The minimum absolute atomic E-state index is 1.24. The van der Waals surface area contributed by atoms with Gasteiger partial charge in [0.2, 0.25) is 0 Å². The van der Waals surface area contributed by atoms with Crippen molar-refractivity contribution in [2.24, 2.45) is 0 Å². The summed E-state index contributed by atoms with van der Waals surface area (Å²) in [5, 5.41) is 10.3. The van der Waals surface area contributed by atoms with Gasteiger partial charge in [0.25, 0.3) is 0 Å². The summed E-state index contributed by atoms with van der Waals surface area (Å²) in [4.78, 5) is 0. The van der Waals surface area contributed by atoms with Crippen LogP contribution in [0.5, 0.6) is 0 Å². The summed E-state index contributed by atoms with van der Waals surface area (Å²) < 4.78 is 2.50. The summed E-state index contributed by atoms with van der Waals surface area (Å²) in [6, 6.07) is 40.6. The maximum Gasteiger partial charge on any atom is 0.0620 e. The molecule has 0 radical (unpaired) electrons. The van der Waals surface area contributed by atoms with Crippen LogP contribution in [-0.2, 0) is 0 Å². The van der Waals surface area contributed by atoms with Gasteiger partial charge >= 0.3 is 0 Å². The number of hydrogen-bond acceptors (Lipinski definition) is 0. The third kappa shape index (κ3) is 3.14. The second-order valence-electron chi connectivity index (χ2n) is 10.5. The molecule has 39 heavy (non-hydrogen) atoms. The van der Waals surface area contributed by atoms with Crippen LogP contribution in [0.4, 0.5) is 0 Å². The Morgan fingerprint density at radius 3 is 1.62 bits per heavy atom. The fourth-order valence-electron chi connectivity index (χ4n) is 6.58. The Kier molecular flexibility index (Phi) is 4.72. The molecule has 184 valence electrons. The van der Waals surface area contributed by atoms with Crippen LogP contribution in [-0.4, -0.2) is 4.40 Å². The van der Waals surface area contributed by atoms with Gasteiger partial charge in [-0.3, -0.25) is 0 Å². The van der Waals surface area contributed by atoms with Gasteiger partial charge in [-0.2, -0.15) is 0 Å². The van der Waals surface area contributed by atoms with Crippen LogP contribution in [0.15, 0.2) is 127 Å². The average Bonchev–Trinajstić information content (AvgIpc) is 3.48. The maximum absolute atomic E-state index is 2.50. The summed E-state index contributed by atoms with van der Waals surface area (Å²) in [5.41, 5.74) is 8.87. The van der Waals surface area contributed by atoms with E-state index in [2.05, 4.69) is 146 Å². The zero-order valence-electron chi connectivity index (χ0n) is 22.1. The molecular weight excluding hydrogens is 470 g/mol. The normalized spacial score (nSPS) is 12.9. The van der Waals surface area contributed by atoms with E-state index in [0.29, 0.717) is 0 Å². The molecule has 6 aromatic carbocycles. The molecule has 0 N–H and O–H groups in total. The minimum Gasteiger partial charge on any atom is -0.308 e. The number of nitrogens with zero attached hydrogens (tertiary/aromatic N) is 1. The molecule has 0 amide bonds. The van der Waals surface area contributed by atoms with Crippen LogP contribution in [0.25, 0.3) is 76.3 Å². The van der Waals surface area contributed by atoms with Crippen molar-refractivity contribution in [3.05, 3.63) is 133 Å². The van der Waals surface area contributed by atoms with E-state index in [1.807, 2.05) is 0 Å². The number of hydrogen-bond donors (Lipinski definition) is 0. The van der Waals surface area contributed by atoms with Gasteiger partial charge in [-0.05, 0) is 94.1 Å². The second-order valence-corrected chi connectivity index (χ2v) is 10.5. The molecule has 1 heteroatoms. The van der Waals surface area contributed by atoms with E-state index in [0.717, 1.165) is 0 Å². The Bertz CT molecular complexity index is 2170. The van der Waals surface area contributed by atoms with Gasteiger partial charge in [-0.15, -0.1) is 0 Å². The first-order valence-corrected chi connectivity index (χ1v) is 13.7. The topological polar surface area (TPSA) is 4.41 Å². The summed E-state index contributed by atoms with van der Waals surface area (Å²) in [6.45, 7) is 4.20. The van der Waals surface area contributed by atoms with Crippen LogP contribution < -0.4 is 0 Å². The van der Waals surface area contributed by atoms with Crippen molar-refractivity contribution < 1.29 is 0 Å². The number of rotatable bonds is 3. The SMILES string of the molecule is C/C=C\C(=C/C)c1ccccc1-c1cc2c3cc4ccccc4cc3n3c4cc5ccccc5cc4c(c1)c23. The smallest absolute Gasteiger partial charge is 0.0620 e. The monoisotopic (exact) mass is 497 g/mol. The molecule has 0 fully saturated rings. The number of allylic oxidation sites excluding steroid dienone is 4. The van der Waals surface area contributed by atoms with Crippen molar-refractivity contribution in [3.8, 4) is 11.1 Å². The standard InChI is InChI=1S/C38H27N/c1-3-11-24(4-2)30-16-9-10-17-31(30)29-20-34-32-18-25-12-5-7-14-27(25)22-36(32)39-37-23-28-15-8-6-13-26(28)19-33(37)35(21-29)38(34)39/h3-23H,1-2H3/b11-3-,24-4+. The lowest BCUT2D eigenvalue weighted by atomic mass is 9.92.